The highest BCUT2D eigenvalue weighted by molar-refractivity contribution is 7.90. The van der Waals surface area contributed by atoms with Crippen LogP contribution >= 0.6 is 0 Å². The lowest BCUT2D eigenvalue weighted by molar-refractivity contribution is -0.384. The minimum atomic E-state index is -4.67. The van der Waals surface area contributed by atoms with Crippen molar-refractivity contribution >= 4 is 44.0 Å². The quantitative estimate of drug-likeness (QED) is 0.0724. The number of ether oxygens (including phenoxy) is 3. The van der Waals surface area contributed by atoms with Gasteiger partial charge in [0.1, 0.15) is 23.8 Å². The van der Waals surface area contributed by atoms with Gasteiger partial charge >= 0.3 is 0 Å². The van der Waals surface area contributed by atoms with E-state index in [4.69, 9.17) is 14.2 Å². The Kier molecular flexibility index (Phi) is 12.2. The van der Waals surface area contributed by atoms with Gasteiger partial charge in [0.2, 0.25) is 0 Å². The Morgan fingerprint density at radius 1 is 1.00 bits per heavy atom. The number of piperidine rings is 1. The Balaban J connectivity index is 0.867. The first-order valence-electron chi connectivity index (χ1n) is 24.0. The van der Waals surface area contributed by atoms with Crippen LogP contribution in [0.3, 0.4) is 0 Å². The number of fused-ring (bicyclic) bond motifs is 2. The number of carbonyl (C=O) groups is 1. The van der Waals surface area contributed by atoms with Gasteiger partial charge in [0.05, 0.1) is 52.0 Å². The van der Waals surface area contributed by atoms with Crippen molar-refractivity contribution in [2.75, 3.05) is 49.7 Å². The second-order valence-electron chi connectivity index (χ2n) is 20.3. The van der Waals surface area contributed by atoms with Crippen LogP contribution in [0.25, 0.3) is 11.0 Å². The number of nitrogens with one attached hydrogen (secondary N) is 3. The number of aromatic nitrogens is 2. The molecule has 2 atom stereocenters. The summed E-state index contributed by atoms with van der Waals surface area (Å²) in [6.45, 7) is 12.3. The van der Waals surface area contributed by atoms with Gasteiger partial charge in [-0.15, -0.1) is 0 Å². The minimum Gasteiger partial charge on any atom is -0.489 e. The molecule has 5 aromatic rings. The fraction of sp³-hybridized carbons (Fsp3) is 0.490. The van der Waals surface area contributed by atoms with Crippen molar-refractivity contribution in [3.8, 4) is 17.2 Å². The van der Waals surface area contributed by atoms with Gasteiger partial charge in [-0.05, 0) is 118 Å². The van der Waals surface area contributed by atoms with E-state index in [1.54, 1.807) is 25.3 Å². The van der Waals surface area contributed by atoms with Gasteiger partial charge in [-0.25, -0.2) is 18.1 Å². The number of aliphatic hydroxyl groups is 1. The summed E-state index contributed by atoms with van der Waals surface area (Å²) < 4.78 is 48.8. The number of amides is 1. The monoisotopic (exact) mass is 947 g/mol. The zero-order valence-corrected chi connectivity index (χ0v) is 39.9. The number of nitro groups is 1. The van der Waals surface area contributed by atoms with E-state index in [-0.39, 0.29) is 52.8 Å². The van der Waals surface area contributed by atoms with E-state index in [1.165, 1.54) is 17.2 Å². The molecule has 0 unspecified atom stereocenters. The molecule has 5 heterocycles. The summed E-state index contributed by atoms with van der Waals surface area (Å²) in [7, 11) is -4.67. The maximum atomic E-state index is 14.2. The maximum absolute atomic E-state index is 14.2. The second kappa shape index (κ2) is 18.0. The van der Waals surface area contributed by atoms with Crippen LogP contribution in [0.1, 0.15) is 111 Å². The van der Waals surface area contributed by atoms with Crippen molar-refractivity contribution in [1.29, 1.82) is 0 Å². The molecule has 2 aliphatic carbocycles. The number of rotatable bonds is 11. The molecule has 0 bridgehead atoms. The first-order chi connectivity index (χ1) is 32.6. The highest BCUT2D eigenvalue weighted by Gasteiger charge is 2.50. The van der Waals surface area contributed by atoms with Crippen LogP contribution in [-0.2, 0) is 14.8 Å². The Hall–Kier alpha value is -5.75. The van der Waals surface area contributed by atoms with E-state index in [0.717, 1.165) is 69.1 Å². The molecule has 5 aliphatic rings. The van der Waals surface area contributed by atoms with Gasteiger partial charge in [-0.3, -0.25) is 19.8 Å². The summed E-state index contributed by atoms with van der Waals surface area (Å²) in [4.78, 5) is 38.2. The van der Waals surface area contributed by atoms with Crippen LogP contribution in [0.2, 0.25) is 0 Å². The lowest BCUT2D eigenvalue weighted by Crippen LogP contribution is -2.58. The molecule has 2 saturated heterocycles. The molecule has 3 aromatic carbocycles. The van der Waals surface area contributed by atoms with Crippen LogP contribution in [0.15, 0.2) is 77.8 Å². The third kappa shape index (κ3) is 9.01. The van der Waals surface area contributed by atoms with E-state index in [2.05, 4.69) is 67.9 Å². The van der Waals surface area contributed by atoms with Crippen LogP contribution in [0.5, 0.6) is 17.2 Å². The maximum Gasteiger partial charge on any atom is 0.297 e. The number of aromatic amines is 1. The number of benzene rings is 3. The standard InChI is InChI=1S/C51H61N7O9S/c1-31(2)38-7-5-6-8-39(38)43-30-65-22-21-57(43)36-27-51(28-36)16-19-56(20-17-51)35-9-10-40(45(24-35)67-44-23-34-13-18-52-48(34)53-32(44)3)49(59)55-68(63,64)37-25-42(58(61)62)47-46(26-37)66-29-41(54-47)33-11-14-50(4,60)15-12-33/h5-10,13,18,23-26,31,33,36,41,43,54,60H,11-12,14-17,19-22,27-30H2,1-4H3,(H,52,53)(H,55,59)/t33?,41-,43-,50?/m1/s1. The molecule has 360 valence electrons. The van der Waals surface area contributed by atoms with Crippen LogP contribution < -0.4 is 24.4 Å². The van der Waals surface area contributed by atoms with Crippen molar-refractivity contribution in [1.82, 2.24) is 19.6 Å². The molecular weight excluding hydrogens is 887 g/mol. The van der Waals surface area contributed by atoms with Crippen molar-refractivity contribution in [3.05, 3.63) is 105 Å². The normalized spacial score (nSPS) is 24.2. The summed E-state index contributed by atoms with van der Waals surface area (Å²) in [6, 6.07) is 20.3. The number of anilines is 2. The molecule has 2 saturated carbocycles. The summed E-state index contributed by atoms with van der Waals surface area (Å²) in [6.07, 6.45) is 8.70. The fourth-order valence-electron chi connectivity index (χ4n) is 11.4. The molecular formula is C51H61N7O9S. The Morgan fingerprint density at radius 2 is 1.76 bits per heavy atom. The average Bonchev–Trinajstić information content (AvgIpc) is 3.77. The molecule has 1 amide bonds. The molecule has 10 rings (SSSR count). The van der Waals surface area contributed by atoms with Gasteiger partial charge in [-0.1, -0.05) is 38.1 Å². The first kappa shape index (κ1) is 46.0. The van der Waals surface area contributed by atoms with Crippen molar-refractivity contribution in [2.45, 2.75) is 114 Å². The zero-order chi connectivity index (χ0) is 47.5. The Labute approximate surface area is 397 Å². The summed E-state index contributed by atoms with van der Waals surface area (Å²) in [5.74, 6) is 0.101. The number of nitrogens with zero attached hydrogens (tertiary/aromatic N) is 4. The number of sulfonamides is 1. The Bertz CT molecular complexity index is 2840. The molecule has 4 fully saturated rings. The van der Waals surface area contributed by atoms with Crippen molar-refractivity contribution < 1.29 is 37.5 Å². The average molecular weight is 948 g/mol. The van der Waals surface area contributed by atoms with Crippen LogP contribution in [-0.4, -0.2) is 96.4 Å². The number of morpholine rings is 1. The molecule has 17 heteroatoms. The van der Waals surface area contributed by atoms with E-state index in [0.29, 0.717) is 61.3 Å². The summed E-state index contributed by atoms with van der Waals surface area (Å²) in [5, 5.41) is 26.9. The molecule has 3 aliphatic heterocycles. The second-order valence-corrected chi connectivity index (χ2v) is 22.0. The SMILES string of the molecule is Cc1nc2[nH]ccc2cc1Oc1cc(N2CCC3(CC2)CC(N2CCOC[C@@H]2c2ccccc2C(C)C)C3)ccc1C(=O)NS(=O)(=O)c1cc2c(c([N+](=O)[O-])c1)N[C@@H](C1CCC(C)(O)CC1)CO2. The lowest BCUT2D eigenvalue weighted by atomic mass is 9.59. The summed E-state index contributed by atoms with van der Waals surface area (Å²) >= 11 is 0. The van der Waals surface area contributed by atoms with E-state index in [9.17, 15) is 28.4 Å². The highest BCUT2D eigenvalue weighted by Crippen LogP contribution is 2.53. The van der Waals surface area contributed by atoms with Gasteiger partial charge in [0.15, 0.2) is 11.4 Å². The molecule has 4 N–H and O–H groups in total. The number of pyridine rings is 1. The Morgan fingerprint density at radius 3 is 2.51 bits per heavy atom. The molecule has 68 heavy (non-hydrogen) atoms. The van der Waals surface area contributed by atoms with E-state index in [1.807, 2.05) is 25.1 Å². The predicted octanol–water partition coefficient (Wildman–Crippen LogP) is 8.75. The van der Waals surface area contributed by atoms with E-state index < -0.39 is 37.0 Å². The predicted molar refractivity (Wildman–Crippen MR) is 258 cm³/mol. The van der Waals surface area contributed by atoms with Gasteiger partial charge in [0, 0.05) is 61.1 Å². The highest BCUT2D eigenvalue weighted by atomic mass is 32.2. The van der Waals surface area contributed by atoms with Crippen molar-refractivity contribution in [2.24, 2.45) is 11.3 Å². The van der Waals surface area contributed by atoms with Crippen LogP contribution in [0.4, 0.5) is 17.1 Å². The number of carbonyl (C=O) groups excluding carboxylic acids is 1. The number of nitro benzene ring substituents is 1. The van der Waals surface area contributed by atoms with E-state index >= 15 is 0 Å². The first-order valence-corrected chi connectivity index (χ1v) is 25.5. The fourth-order valence-corrected chi connectivity index (χ4v) is 12.4. The summed E-state index contributed by atoms with van der Waals surface area (Å²) in [5.41, 5.74) is 3.88. The lowest BCUT2D eigenvalue weighted by Gasteiger charge is -2.57. The minimum absolute atomic E-state index is 0.000940. The van der Waals surface area contributed by atoms with Gasteiger partial charge < -0.3 is 34.5 Å². The molecule has 0 radical (unpaired) electrons. The topological polar surface area (TPSA) is 201 Å². The zero-order valence-electron chi connectivity index (χ0n) is 39.1. The largest absolute Gasteiger partial charge is 0.489 e. The molecule has 16 nitrogen and oxygen atoms in total. The number of H-pyrrole nitrogens is 1. The molecule has 2 aromatic heterocycles. The third-order valence-corrected chi connectivity index (χ3v) is 16.8. The van der Waals surface area contributed by atoms with Crippen LogP contribution in [0, 0.1) is 28.4 Å². The molecule has 1 spiro atoms. The smallest absolute Gasteiger partial charge is 0.297 e. The number of hydrogen-bond donors (Lipinski definition) is 4. The third-order valence-electron chi connectivity index (χ3n) is 15.5. The number of hydrogen-bond acceptors (Lipinski definition) is 13. The number of aryl methyl sites for hydroxylation is 1. The van der Waals surface area contributed by atoms with Crippen molar-refractivity contribution in [3.63, 3.8) is 0 Å². The van der Waals surface area contributed by atoms with Gasteiger partial charge in [-0.2, -0.15) is 0 Å². The van der Waals surface area contributed by atoms with Gasteiger partial charge in [0.25, 0.3) is 21.6 Å².